The number of amides is 2. The summed E-state index contributed by atoms with van der Waals surface area (Å²) in [5, 5.41) is 3.61. The zero-order valence-corrected chi connectivity index (χ0v) is 22.2. The number of carbonyl (C=O) groups is 2. The number of likely N-dealkylation sites (N-methyl/N-ethyl adjacent to an activating group) is 1. The van der Waals surface area contributed by atoms with Crippen molar-refractivity contribution in [2.75, 3.05) is 12.3 Å². The first-order valence-electron chi connectivity index (χ1n) is 11.1. The van der Waals surface area contributed by atoms with E-state index in [-0.39, 0.29) is 17.6 Å². The van der Waals surface area contributed by atoms with Crippen LogP contribution in [-0.4, -0.2) is 35.1 Å². The van der Waals surface area contributed by atoms with Gasteiger partial charge in [-0.05, 0) is 47.9 Å². The minimum atomic E-state index is -0.607. The molecule has 3 rings (SSSR count). The molecule has 2 amide bonds. The lowest BCUT2D eigenvalue weighted by Crippen LogP contribution is -2.51. The SMILES string of the molecule is CCNC(=O)[C@H](Cc1ccccc1)N(Cc1cccc(Br)c1)C(=O)CSCc1ccc(Cl)cc1. The van der Waals surface area contributed by atoms with Gasteiger partial charge >= 0.3 is 0 Å². The molecule has 0 aliphatic carbocycles. The predicted molar refractivity (Wildman–Crippen MR) is 145 cm³/mol. The lowest BCUT2D eigenvalue weighted by molar-refractivity contribution is -0.139. The highest BCUT2D eigenvalue weighted by Crippen LogP contribution is 2.21. The molecule has 1 atom stereocenters. The van der Waals surface area contributed by atoms with Gasteiger partial charge in [-0.1, -0.05) is 82.1 Å². The molecule has 0 saturated heterocycles. The van der Waals surface area contributed by atoms with Crippen LogP contribution in [0.25, 0.3) is 0 Å². The molecule has 0 aliphatic heterocycles. The van der Waals surface area contributed by atoms with Gasteiger partial charge < -0.3 is 10.2 Å². The average molecular weight is 560 g/mol. The summed E-state index contributed by atoms with van der Waals surface area (Å²) in [7, 11) is 0. The van der Waals surface area contributed by atoms with Gasteiger partial charge in [-0.2, -0.15) is 0 Å². The molecule has 178 valence electrons. The molecule has 0 bridgehead atoms. The normalized spacial score (nSPS) is 11.6. The molecule has 0 radical (unpaired) electrons. The van der Waals surface area contributed by atoms with Gasteiger partial charge in [0.15, 0.2) is 0 Å². The number of thioether (sulfide) groups is 1. The van der Waals surface area contributed by atoms with E-state index in [2.05, 4.69) is 21.2 Å². The Kier molecular flexibility index (Phi) is 10.5. The van der Waals surface area contributed by atoms with Gasteiger partial charge in [-0.25, -0.2) is 0 Å². The van der Waals surface area contributed by atoms with Crippen molar-refractivity contribution in [3.05, 3.63) is 105 Å². The monoisotopic (exact) mass is 558 g/mol. The van der Waals surface area contributed by atoms with Crippen molar-refractivity contribution in [3.8, 4) is 0 Å². The van der Waals surface area contributed by atoms with E-state index in [0.29, 0.717) is 30.3 Å². The summed E-state index contributed by atoms with van der Waals surface area (Å²) in [5.41, 5.74) is 3.08. The summed E-state index contributed by atoms with van der Waals surface area (Å²) in [6.45, 7) is 2.75. The van der Waals surface area contributed by atoms with Crippen molar-refractivity contribution >= 4 is 51.1 Å². The van der Waals surface area contributed by atoms with E-state index in [4.69, 9.17) is 11.6 Å². The fraction of sp³-hybridized carbons (Fsp3) is 0.259. The van der Waals surface area contributed by atoms with Crippen molar-refractivity contribution in [2.24, 2.45) is 0 Å². The fourth-order valence-corrected chi connectivity index (χ4v) is 5.04. The summed E-state index contributed by atoms with van der Waals surface area (Å²) in [5.74, 6) is 0.767. The topological polar surface area (TPSA) is 49.4 Å². The molecule has 0 aliphatic rings. The van der Waals surface area contributed by atoms with E-state index in [1.165, 1.54) is 11.8 Å². The van der Waals surface area contributed by atoms with Crippen LogP contribution in [0.4, 0.5) is 0 Å². The number of halogens is 2. The molecule has 0 saturated carbocycles. The van der Waals surface area contributed by atoms with Crippen molar-refractivity contribution in [2.45, 2.75) is 31.7 Å². The third-order valence-corrected chi connectivity index (χ3v) is 7.01. The van der Waals surface area contributed by atoms with Gasteiger partial charge in [0.2, 0.25) is 11.8 Å². The van der Waals surface area contributed by atoms with Crippen LogP contribution >= 0.6 is 39.3 Å². The number of hydrogen-bond donors (Lipinski definition) is 1. The maximum atomic E-state index is 13.5. The molecule has 3 aromatic rings. The van der Waals surface area contributed by atoms with E-state index in [0.717, 1.165) is 21.2 Å². The molecule has 0 heterocycles. The van der Waals surface area contributed by atoms with Crippen molar-refractivity contribution in [1.82, 2.24) is 10.2 Å². The number of nitrogens with one attached hydrogen (secondary N) is 1. The summed E-state index contributed by atoms with van der Waals surface area (Å²) >= 11 is 11.0. The Balaban J connectivity index is 1.81. The molecule has 1 N–H and O–H groups in total. The minimum absolute atomic E-state index is 0.0638. The highest BCUT2D eigenvalue weighted by Gasteiger charge is 2.30. The second kappa shape index (κ2) is 13.6. The summed E-state index contributed by atoms with van der Waals surface area (Å²) in [4.78, 5) is 28.4. The lowest BCUT2D eigenvalue weighted by atomic mass is 10.0. The van der Waals surface area contributed by atoms with E-state index < -0.39 is 6.04 Å². The highest BCUT2D eigenvalue weighted by atomic mass is 79.9. The number of hydrogen-bond acceptors (Lipinski definition) is 3. The Labute approximate surface area is 219 Å². The van der Waals surface area contributed by atoms with Crippen LogP contribution in [0.2, 0.25) is 5.02 Å². The largest absolute Gasteiger partial charge is 0.355 e. The summed E-state index contributed by atoms with van der Waals surface area (Å²) in [6.07, 6.45) is 0.453. The Morgan fingerprint density at radius 1 is 0.971 bits per heavy atom. The Bertz CT molecular complexity index is 1080. The summed E-state index contributed by atoms with van der Waals surface area (Å²) in [6, 6.07) is 24.7. The Morgan fingerprint density at radius 3 is 2.35 bits per heavy atom. The zero-order chi connectivity index (χ0) is 24.3. The molecular weight excluding hydrogens is 532 g/mol. The molecule has 7 heteroatoms. The molecule has 0 aromatic heterocycles. The number of benzene rings is 3. The lowest BCUT2D eigenvalue weighted by Gasteiger charge is -2.31. The van der Waals surface area contributed by atoms with Gasteiger partial charge in [0, 0.05) is 34.8 Å². The van der Waals surface area contributed by atoms with Crippen LogP contribution in [-0.2, 0) is 28.3 Å². The number of rotatable bonds is 11. The van der Waals surface area contributed by atoms with Crippen molar-refractivity contribution < 1.29 is 9.59 Å². The highest BCUT2D eigenvalue weighted by molar-refractivity contribution is 9.10. The van der Waals surface area contributed by atoms with Gasteiger partial charge in [0.25, 0.3) is 0 Å². The van der Waals surface area contributed by atoms with Crippen LogP contribution in [0, 0.1) is 0 Å². The third kappa shape index (κ3) is 8.19. The third-order valence-electron chi connectivity index (χ3n) is 5.27. The second-order valence-electron chi connectivity index (χ2n) is 7.87. The molecule has 4 nitrogen and oxygen atoms in total. The number of nitrogens with zero attached hydrogens (tertiary/aromatic N) is 1. The molecule has 3 aromatic carbocycles. The van der Waals surface area contributed by atoms with Crippen LogP contribution in [0.1, 0.15) is 23.6 Å². The molecule has 0 spiro atoms. The average Bonchev–Trinajstić information content (AvgIpc) is 2.83. The molecule has 0 unspecified atom stereocenters. The first-order valence-corrected chi connectivity index (χ1v) is 13.5. The van der Waals surface area contributed by atoms with Crippen molar-refractivity contribution in [3.63, 3.8) is 0 Å². The maximum absolute atomic E-state index is 13.5. The maximum Gasteiger partial charge on any atom is 0.243 e. The first kappa shape index (κ1) is 26.3. The standard InChI is InChI=1S/C27H28BrClN2O2S/c1-2-30-27(33)25(16-20-7-4-3-5-8-20)31(17-22-9-6-10-23(28)15-22)26(32)19-34-18-21-11-13-24(29)14-12-21/h3-15,25H,2,16-19H2,1H3,(H,30,33)/t25-/m0/s1. The second-order valence-corrected chi connectivity index (χ2v) is 10.2. The van der Waals surface area contributed by atoms with E-state index in [1.807, 2.05) is 85.8 Å². The van der Waals surface area contributed by atoms with Crippen LogP contribution in [0.3, 0.4) is 0 Å². The molecule has 0 fully saturated rings. The van der Waals surface area contributed by atoms with Gasteiger partial charge in [0.1, 0.15) is 6.04 Å². The summed E-state index contributed by atoms with van der Waals surface area (Å²) < 4.78 is 0.937. The van der Waals surface area contributed by atoms with Gasteiger partial charge in [-0.15, -0.1) is 11.8 Å². The van der Waals surface area contributed by atoms with Crippen LogP contribution in [0.5, 0.6) is 0 Å². The number of carbonyl (C=O) groups excluding carboxylic acids is 2. The zero-order valence-electron chi connectivity index (χ0n) is 19.0. The Morgan fingerprint density at radius 2 is 1.68 bits per heavy atom. The fourth-order valence-electron chi connectivity index (χ4n) is 3.60. The van der Waals surface area contributed by atoms with Gasteiger partial charge in [0.05, 0.1) is 5.75 Å². The molecular formula is C27H28BrClN2O2S. The predicted octanol–water partition coefficient (Wildman–Crippen LogP) is 6.11. The quantitative estimate of drug-likeness (QED) is 0.308. The van der Waals surface area contributed by atoms with Crippen molar-refractivity contribution in [1.29, 1.82) is 0 Å². The first-order chi connectivity index (χ1) is 16.5. The van der Waals surface area contributed by atoms with Crippen LogP contribution < -0.4 is 5.32 Å². The van der Waals surface area contributed by atoms with Crippen LogP contribution in [0.15, 0.2) is 83.3 Å². The molecule has 34 heavy (non-hydrogen) atoms. The van der Waals surface area contributed by atoms with E-state index in [9.17, 15) is 9.59 Å². The minimum Gasteiger partial charge on any atom is -0.355 e. The smallest absolute Gasteiger partial charge is 0.243 e. The van der Waals surface area contributed by atoms with Gasteiger partial charge in [-0.3, -0.25) is 9.59 Å². The van der Waals surface area contributed by atoms with E-state index >= 15 is 0 Å². The van der Waals surface area contributed by atoms with E-state index in [1.54, 1.807) is 4.90 Å². The Hall–Kier alpha value is -2.28.